The van der Waals surface area contributed by atoms with Crippen molar-refractivity contribution in [2.75, 3.05) is 6.54 Å². The lowest BCUT2D eigenvalue weighted by Gasteiger charge is -2.07. The van der Waals surface area contributed by atoms with Crippen LogP contribution in [0.25, 0.3) is 0 Å². The molecule has 0 radical (unpaired) electrons. The standard InChI is InChI=1S/C7H11BrN2/c1-6(8)5-10-7(2)3-4-9/h7,10H,1,3,5H2,2H3. The van der Waals surface area contributed by atoms with Gasteiger partial charge in [0.15, 0.2) is 0 Å². The Morgan fingerprint density at radius 3 is 2.90 bits per heavy atom. The minimum Gasteiger partial charge on any atom is -0.309 e. The fourth-order valence-electron chi connectivity index (χ4n) is 0.494. The van der Waals surface area contributed by atoms with Crippen LogP contribution in [0.5, 0.6) is 0 Å². The van der Waals surface area contributed by atoms with Gasteiger partial charge in [0.05, 0.1) is 12.5 Å². The van der Waals surface area contributed by atoms with Gasteiger partial charge in [0.1, 0.15) is 0 Å². The lowest BCUT2D eigenvalue weighted by atomic mass is 10.2. The average Bonchev–Trinajstić information content (AvgIpc) is 1.85. The lowest BCUT2D eigenvalue weighted by molar-refractivity contribution is 0.593. The molecular weight excluding hydrogens is 192 g/mol. The molecule has 0 aliphatic rings. The van der Waals surface area contributed by atoms with Crippen LogP contribution in [-0.4, -0.2) is 12.6 Å². The van der Waals surface area contributed by atoms with Gasteiger partial charge >= 0.3 is 0 Å². The minimum absolute atomic E-state index is 0.249. The third-order valence-corrected chi connectivity index (χ3v) is 1.32. The van der Waals surface area contributed by atoms with Crippen molar-refractivity contribution in [2.45, 2.75) is 19.4 Å². The molecule has 0 rings (SSSR count). The van der Waals surface area contributed by atoms with E-state index in [-0.39, 0.29) is 6.04 Å². The summed E-state index contributed by atoms with van der Waals surface area (Å²) in [4.78, 5) is 0. The molecule has 56 valence electrons. The van der Waals surface area contributed by atoms with Crippen molar-refractivity contribution in [1.82, 2.24) is 5.32 Å². The zero-order chi connectivity index (χ0) is 7.98. The summed E-state index contributed by atoms with van der Waals surface area (Å²) in [5.74, 6) is 0. The summed E-state index contributed by atoms with van der Waals surface area (Å²) in [6.07, 6.45) is 0.542. The quantitative estimate of drug-likeness (QED) is 0.755. The van der Waals surface area contributed by atoms with Crippen molar-refractivity contribution in [3.05, 3.63) is 11.1 Å². The Morgan fingerprint density at radius 2 is 2.50 bits per heavy atom. The maximum absolute atomic E-state index is 8.28. The van der Waals surface area contributed by atoms with Gasteiger partial charge in [-0.15, -0.1) is 0 Å². The Bertz CT molecular complexity index is 148. The molecule has 0 fully saturated rings. The topological polar surface area (TPSA) is 35.8 Å². The highest BCUT2D eigenvalue weighted by Crippen LogP contribution is 1.98. The highest BCUT2D eigenvalue weighted by Gasteiger charge is 1.98. The molecule has 0 aliphatic heterocycles. The smallest absolute Gasteiger partial charge is 0.0638 e. The van der Waals surface area contributed by atoms with Crippen molar-refractivity contribution < 1.29 is 0 Å². The Hall–Kier alpha value is -0.330. The van der Waals surface area contributed by atoms with Gasteiger partial charge in [0, 0.05) is 17.1 Å². The molecule has 2 nitrogen and oxygen atoms in total. The van der Waals surface area contributed by atoms with Gasteiger partial charge in [0.2, 0.25) is 0 Å². The average molecular weight is 203 g/mol. The number of nitrogens with one attached hydrogen (secondary N) is 1. The predicted octanol–water partition coefficient (Wildman–Crippen LogP) is 1.79. The number of halogens is 1. The van der Waals surface area contributed by atoms with Crippen molar-refractivity contribution in [3.8, 4) is 6.07 Å². The molecule has 3 heteroatoms. The highest BCUT2D eigenvalue weighted by molar-refractivity contribution is 9.11. The van der Waals surface area contributed by atoms with E-state index >= 15 is 0 Å². The Kier molecular flexibility index (Phi) is 5.27. The van der Waals surface area contributed by atoms with Crippen LogP contribution in [0.1, 0.15) is 13.3 Å². The molecule has 1 unspecified atom stereocenters. The first-order chi connectivity index (χ1) is 4.66. The van der Waals surface area contributed by atoms with Gasteiger partial charge in [-0.25, -0.2) is 0 Å². The Balaban J connectivity index is 3.32. The zero-order valence-electron chi connectivity index (χ0n) is 6.02. The first-order valence-electron chi connectivity index (χ1n) is 3.10. The Morgan fingerprint density at radius 1 is 1.90 bits per heavy atom. The summed E-state index contributed by atoms with van der Waals surface area (Å²) < 4.78 is 0.914. The van der Waals surface area contributed by atoms with Gasteiger partial charge in [-0.3, -0.25) is 0 Å². The number of hydrogen-bond donors (Lipinski definition) is 1. The molecule has 0 spiro atoms. The number of nitriles is 1. The third-order valence-electron chi connectivity index (χ3n) is 1.04. The van der Waals surface area contributed by atoms with Crippen molar-refractivity contribution >= 4 is 15.9 Å². The maximum atomic E-state index is 8.28. The van der Waals surface area contributed by atoms with Crippen LogP contribution in [0.15, 0.2) is 11.1 Å². The van der Waals surface area contributed by atoms with Crippen LogP contribution in [0.4, 0.5) is 0 Å². The summed E-state index contributed by atoms with van der Waals surface area (Å²) in [6.45, 7) is 6.35. The monoisotopic (exact) mass is 202 g/mol. The summed E-state index contributed by atoms with van der Waals surface area (Å²) in [6, 6.07) is 2.33. The Labute approximate surface area is 70.0 Å². The number of nitrogens with zero attached hydrogens (tertiary/aromatic N) is 1. The van der Waals surface area contributed by atoms with Crippen molar-refractivity contribution in [2.24, 2.45) is 0 Å². The van der Waals surface area contributed by atoms with E-state index in [4.69, 9.17) is 5.26 Å². The molecule has 0 amide bonds. The zero-order valence-corrected chi connectivity index (χ0v) is 7.61. The fraction of sp³-hybridized carbons (Fsp3) is 0.571. The molecule has 0 aromatic rings. The molecule has 0 aromatic carbocycles. The summed E-state index contributed by atoms with van der Waals surface area (Å²) in [5, 5.41) is 11.4. The number of hydrogen-bond acceptors (Lipinski definition) is 2. The van der Waals surface area contributed by atoms with Crippen LogP contribution in [-0.2, 0) is 0 Å². The minimum atomic E-state index is 0.249. The molecule has 1 N–H and O–H groups in total. The predicted molar refractivity (Wildman–Crippen MR) is 45.8 cm³/mol. The van der Waals surface area contributed by atoms with E-state index in [1.54, 1.807) is 0 Å². The van der Waals surface area contributed by atoms with E-state index in [1.165, 1.54) is 0 Å². The van der Waals surface area contributed by atoms with Gasteiger partial charge in [-0.1, -0.05) is 22.5 Å². The molecule has 0 saturated carbocycles. The second-order valence-corrected chi connectivity index (χ2v) is 3.28. The maximum Gasteiger partial charge on any atom is 0.0638 e. The normalized spacial score (nSPS) is 12.1. The SMILES string of the molecule is C=C(Br)CNC(C)CC#N. The van der Waals surface area contributed by atoms with Crippen LogP contribution in [0.2, 0.25) is 0 Å². The molecular formula is C7H11BrN2. The number of rotatable bonds is 4. The van der Waals surface area contributed by atoms with Crippen molar-refractivity contribution in [1.29, 1.82) is 5.26 Å². The largest absolute Gasteiger partial charge is 0.309 e. The second-order valence-electron chi connectivity index (χ2n) is 2.16. The molecule has 0 saturated heterocycles. The second kappa shape index (κ2) is 5.45. The van der Waals surface area contributed by atoms with Crippen LogP contribution >= 0.6 is 15.9 Å². The summed E-state index contributed by atoms with van der Waals surface area (Å²) >= 11 is 3.21. The van der Waals surface area contributed by atoms with Gasteiger partial charge in [-0.2, -0.15) is 5.26 Å². The van der Waals surface area contributed by atoms with Crippen LogP contribution in [0, 0.1) is 11.3 Å². The van der Waals surface area contributed by atoms with Crippen LogP contribution in [0.3, 0.4) is 0 Å². The molecule has 1 atom stereocenters. The highest BCUT2D eigenvalue weighted by atomic mass is 79.9. The molecule has 10 heavy (non-hydrogen) atoms. The van der Waals surface area contributed by atoms with Crippen LogP contribution < -0.4 is 5.32 Å². The first kappa shape index (κ1) is 9.67. The van der Waals surface area contributed by atoms with Crippen molar-refractivity contribution in [3.63, 3.8) is 0 Å². The summed E-state index contributed by atoms with van der Waals surface area (Å²) in [7, 11) is 0. The lowest BCUT2D eigenvalue weighted by Crippen LogP contribution is -2.26. The van der Waals surface area contributed by atoms with E-state index in [2.05, 4.69) is 33.9 Å². The molecule has 0 aliphatic carbocycles. The van der Waals surface area contributed by atoms with E-state index < -0.39 is 0 Å². The molecule has 0 heterocycles. The molecule has 0 aromatic heterocycles. The first-order valence-corrected chi connectivity index (χ1v) is 3.89. The van der Waals surface area contributed by atoms with Gasteiger partial charge < -0.3 is 5.32 Å². The van der Waals surface area contributed by atoms with E-state index in [0.717, 1.165) is 11.0 Å². The molecule has 0 bridgehead atoms. The summed E-state index contributed by atoms with van der Waals surface area (Å²) in [5.41, 5.74) is 0. The van der Waals surface area contributed by atoms with E-state index in [0.29, 0.717) is 6.42 Å². The van der Waals surface area contributed by atoms with Gasteiger partial charge in [0.25, 0.3) is 0 Å². The van der Waals surface area contributed by atoms with Gasteiger partial charge in [-0.05, 0) is 6.92 Å². The van der Waals surface area contributed by atoms with E-state index in [1.807, 2.05) is 6.92 Å². The fourth-order valence-corrected chi connectivity index (χ4v) is 0.656. The van der Waals surface area contributed by atoms with E-state index in [9.17, 15) is 0 Å². The third kappa shape index (κ3) is 5.80.